The maximum atomic E-state index is 8.91. The molecule has 0 unspecified atom stereocenters. The molecular formula is C9H12N2OS. The Morgan fingerprint density at radius 1 is 1.62 bits per heavy atom. The van der Waals surface area contributed by atoms with Gasteiger partial charge < -0.3 is 10.8 Å². The van der Waals surface area contributed by atoms with Crippen LogP contribution in [0.25, 0.3) is 6.08 Å². The number of nitrogen functional groups attached to an aromatic ring is 1. The molecule has 0 saturated carbocycles. The predicted octanol–water partition coefficient (Wildman–Crippen LogP) is 1.10. The van der Waals surface area contributed by atoms with Crippen LogP contribution in [0.1, 0.15) is 11.1 Å². The summed E-state index contributed by atoms with van der Waals surface area (Å²) >= 11 is 4.04. The van der Waals surface area contributed by atoms with E-state index in [1.807, 2.05) is 18.2 Å². The second-order valence-corrected chi connectivity index (χ2v) is 2.92. The maximum absolute atomic E-state index is 8.91. The van der Waals surface area contributed by atoms with Crippen LogP contribution in [-0.2, 0) is 6.61 Å². The van der Waals surface area contributed by atoms with Crippen molar-refractivity contribution in [2.24, 2.45) is 0 Å². The van der Waals surface area contributed by atoms with Crippen molar-refractivity contribution in [2.75, 3.05) is 11.5 Å². The Balaban J connectivity index is 2.92. The number of thiol groups is 1. The zero-order valence-electron chi connectivity index (χ0n) is 7.14. The fraction of sp³-hybridized carbons (Fsp3) is 0.222. The van der Waals surface area contributed by atoms with Crippen molar-refractivity contribution in [3.05, 3.63) is 29.5 Å². The number of rotatable bonds is 3. The molecule has 0 atom stereocenters. The average molecular weight is 196 g/mol. The first-order chi connectivity index (χ1) is 6.27. The van der Waals surface area contributed by atoms with Gasteiger partial charge in [0.1, 0.15) is 5.82 Å². The summed E-state index contributed by atoms with van der Waals surface area (Å²) in [6, 6.07) is 1.81. The summed E-state index contributed by atoms with van der Waals surface area (Å²) in [5, 5.41) is 8.91. The van der Waals surface area contributed by atoms with Crippen molar-refractivity contribution in [1.82, 2.24) is 4.98 Å². The predicted molar refractivity (Wildman–Crippen MR) is 57.5 cm³/mol. The molecule has 0 aliphatic carbocycles. The second-order valence-electron chi connectivity index (χ2n) is 2.56. The van der Waals surface area contributed by atoms with Gasteiger partial charge in [-0.05, 0) is 11.6 Å². The molecule has 3 N–H and O–H groups in total. The molecule has 0 fully saturated rings. The van der Waals surface area contributed by atoms with Crippen LogP contribution in [0.4, 0.5) is 5.82 Å². The van der Waals surface area contributed by atoms with Gasteiger partial charge in [-0.25, -0.2) is 4.98 Å². The first kappa shape index (κ1) is 10.1. The largest absolute Gasteiger partial charge is 0.392 e. The van der Waals surface area contributed by atoms with Gasteiger partial charge in [-0.3, -0.25) is 0 Å². The molecule has 0 aromatic carbocycles. The van der Waals surface area contributed by atoms with Gasteiger partial charge in [0.25, 0.3) is 0 Å². The third-order valence-electron chi connectivity index (χ3n) is 1.61. The lowest BCUT2D eigenvalue weighted by atomic mass is 10.2. The van der Waals surface area contributed by atoms with E-state index in [0.29, 0.717) is 17.1 Å². The van der Waals surface area contributed by atoms with Crippen molar-refractivity contribution in [3.8, 4) is 0 Å². The number of aromatic nitrogens is 1. The van der Waals surface area contributed by atoms with Crippen LogP contribution in [-0.4, -0.2) is 15.8 Å². The molecule has 0 bridgehead atoms. The zero-order chi connectivity index (χ0) is 9.68. The third kappa shape index (κ3) is 2.75. The van der Waals surface area contributed by atoms with Gasteiger partial charge >= 0.3 is 0 Å². The van der Waals surface area contributed by atoms with Crippen molar-refractivity contribution in [3.63, 3.8) is 0 Å². The number of pyridine rings is 1. The molecule has 3 nitrogen and oxygen atoms in total. The van der Waals surface area contributed by atoms with Crippen LogP contribution in [0, 0.1) is 0 Å². The van der Waals surface area contributed by atoms with Gasteiger partial charge in [-0.2, -0.15) is 12.6 Å². The first-order valence-corrected chi connectivity index (χ1v) is 4.54. The molecule has 1 heterocycles. The average Bonchev–Trinajstić information content (AvgIpc) is 2.16. The van der Waals surface area contributed by atoms with E-state index in [1.54, 1.807) is 6.20 Å². The van der Waals surface area contributed by atoms with E-state index in [2.05, 4.69) is 17.6 Å². The Morgan fingerprint density at radius 2 is 2.38 bits per heavy atom. The molecule has 0 aliphatic heterocycles. The monoisotopic (exact) mass is 196 g/mol. The Bertz CT molecular complexity index is 312. The third-order valence-corrected chi connectivity index (χ3v) is 1.82. The summed E-state index contributed by atoms with van der Waals surface area (Å²) in [6.45, 7) is -0.0820. The molecule has 13 heavy (non-hydrogen) atoms. The molecule has 0 spiro atoms. The summed E-state index contributed by atoms with van der Waals surface area (Å²) < 4.78 is 0. The van der Waals surface area contributed by atoms with E-state index in [1.165, 1.54) is 0 Å². The lowest BCUT2D eigenvalue weighted by molar-refractivity contribution is 0.282. The van der Waals surface area contributed by atoms with Gasteiger partial charge in [-0.15, -0.1) is 0 Å². The van der Waals surface area contributed by atoms with Gasteiger partial charge in [0, 0.05) is 17.5 Å². The van der Waals surface area contributed by atoms with Gasteiger partial charge in [0.15, 0.2) is 0 Å². The Morgan fingerprint density at radius 3 is 3.00 bits per heavy atom. The molecule has 4 heteroatoms. The number of hydrogen-bond donors (Lipinski definition) is 3. The minimum Gasteiger partial charge on any atom is -0.392 e. The minimum atomic E-state index is -0.0820. The summed E-state index contributed by atoms with van der Waals surface area (Å²) in [5.41, 5.74) is 7.10. The van der Waals surface area contributed by atoms with Gasteiger partial charge in [0.05, 0.1) is 6.61 Å². The smallest absolute Gasteiger partial charge is 0.128 e. The Kier molecular flexibility index (Phi) is 3.79. The molecule has 1 aromatic rings. The standard InChI is InChI=1S/C9H12N2OS/c10-9-8(6-12)4-7(5-11-9)2-1-3-13/h1-2,4-5,12-13H,3,6H2,(H2,10,11). The summed E-state index contributed by atoms with van der Waals surface area (Å²) in [7, 11) is 0. The summed E-state index contributed by atoms with van der Waals surface area (Å²) in [4.78, 5) is 3.94. The highest BCUT2D eigenvalue weighted by atomic mass is 32.1. The Labute approximate surface area is 82.7 Å². The van der Waals surface area contributed by atoms with Gasteiger partial charge in [-0.1, -0.05) is 12.2 Å². The van der Waals surface area contributed by atoms with E-state index >= 15 is 0 Å². The number of nitrogens with zero attached hydrogens (tertiary/aromatic N) is 1. The highest BCUT2D eigenvalue weighted by Gasteiger charge is 1.98. The molecular weight excluding hydrogens is 184 g/mol. The number of anilines is 1. The van der Waals surface area contributed by atoms with Crippen LogP contribution in [0.5, 0.6) is 0 Å². The van der Waals surface area contributed by atoms with Crippen LogP contribution in [0.3, 0.4) is 0 Å². The van der Waals surface area contributed by atoms with E-state index in [9.17, 15) is 0 Å². The van der Waals surface area contributed by atoms with Crippen molar-refractivity contribution in [2.45, 2.75) is 6.61 Å². The molecule has 1 aromatic heterocycles. The fourth-order valence-electron chi connectivity index (χ4n) is 0.946. The zero-order valence-corrected chi connectivity index (χ0v) is 8.04. The number of aliphatic hydroxyl groups excluding tert-OH is 1. The van der Waals surface area contributed by atoms with Crippen molar-refractivity contribution in [1.29, 1.82) is 0 Å². The van der Waals surface area contributed by atoms with Gasteiger partial charge in [0.2, 0.25) is 0 Å². The maximum Gasteiger partial charge on any atom is 0.128 e. The number of nitrogens with two attached hydrogens (primary N) is 1. The Hall–Kier alpha value is -1.00. The molecule has 0 radical (unpaired) electrons. The van der Waals surface area contributed by atoms with E-state index in [4.69, 9.17) is 10.8 Å². The van der Waals surface area contributed by atoms with Crippen molar-refractivity contribution < 1.29 is 5.11 Å². The quantitative estimate of drug-likeness (QED) is 0.634. The van der Waals surface area contributed by atoms with Crippen LogP contribution in [0.15, 0.2) is 18.3 Å². The van der Waals surface area contributed by atoms with Crippen molar-refractivity contribution >= 4 is 24.5 Å². The highest BCUT2D eigenvalue weighted by molar-refractivity contribution is 7.80. The van der Waals surface area contributed by atoms with E-state index in [-0.39, 0.29) is 6.61 Å². The van der Waals surface area contributed by atoms with Crippen LogP contribution < -0.4 is 5.73 Å². The minimum absolute atomic E-state index is 0.0820. The SMILES string of the molecule is Nc1ncc(C=CCS)cc1CO. The van der Waals surface area contributed by atoms with Crippen LogP contribution >= 0.6 is 12.6 Å². The molecule has 0 amide bonds. The molecule has 70 valence electrons. The molecule has 0 aliphatic rings. The van der Waals surface area contributed by atoms with Crippen LogP contribution in [0.2, 0.25) is 0 Å². The second kappa shape index (κ2) is 4.89. The molecule has 1 rings (SSSR count). The lowest BCUT2D eigenvalue weighted by Gasteiger charge is -2.01. The number of aliphatic hydroxyl groups is 1. The number of hydrogen-bond acceptors (Lipinski definition) is 4. The normalized spacial score (nSPS) is 10.9. The highest BCUT2D eigenvalue weighted by Crippen LogP contribution is 2.11. The fourth-order valence-corrected chi connectivity index (χ4v) is 1.05. The summed E-state index contributed by atoms with van der Waals surface area (Å²) in [5.74, 6) is 1.06. The molecule has 0 saturated heterocycles. The van der Waals surface area contributed by atoms with E-state index < -0.39 is 0 Å². The lowest BCUT2D eigenvalue weighted by Crippen LogP contribution is -1.97. The topological polar surface area (TPSA) is 59.1 Å². The first-order valence-electron chi connectivity index (χ1n) is 3.90. The summed E-state index contributed by atoms with van der Waals surface area (Å²) in [6.07, 6.45) is 5.45. The van der Waals surface area contributed by atoms with E-state index in [0.717, 1.165) is 5.56 Å².